The first-order valence-electron chi connectivity index (χ1n) is 6.95. The van der Waals surface area contributed by atoms with Crippen molar-refractivity contribution in [2.45, 2.75) is 19.8 Å². The summed E-state index contributed by atoms with van der Waals surface area (Å²) >= 11 is 0. The van der Waals surface area contributed by atoms with E-state index in [2.05, 4.69) is 15.0 Å². The molecule has 0 spiro atoms. The van der Waals surface area contributed by atoms with Gasteiger partial charge in [0.25, 0.3) is 0 Å². The third-order valence-electron chi connectivity index (χ3n) is 3.19. The Kier molecular flexibility index (Phi) is 7.43. The van der Waals surface area contributed by atoms with Gasteiger partial charge in [-0.2, -0.15) is 0 Å². The van der Waals surface area contributed by atoms with Crippen LogP contribution < -0.4 is 5.32 Å². The summed E-state index contributed by atoms with van der Waals surface area (Å²) in [5, 5.41) is 3.31. The molecule has 1 aliphatic rings. The van der Waals surface area contributed by atoms with E-state index in [1.165, 1.54) is 7.11 Å². The summed E-state index contributed by atoms with van der Waals surface area (Å²) in [5.41, 5.74) is 0. The molecule has 1 N–H and O–H groups in total. The molecular weight excluding hydrogens is 246 g/mol. The van der Waals surface area contributed by atoms with E-state index in [-0.39, 0.29) is 18.4 Å². The van der Waals surface area contributed by atoms with Crippen LogP contribution in [0.4, 0.5) is 0 Å². The van der Waals surface area contributed by atoms with Crippen LogP contribution in [0.25, 0.3) is 0 Å². The molecule has 6 nitrogen and oxygen atoms in total. The molecule has 0 bridgehead atoms. The maximum absolute atomic E-state index is 12.2. The lowest BCUT2D eigenvalue weighted by Crippen LogP contribution is -2.44. The third-order valence-corrected chi connectivity index (χ3v) is 3.19. The monoisotopic (exact) mass is 271 g/mol. The van der Waals surface area contributed by atoms with E-state index in [0.717, 1.165) is 39.0 Å². The lowest BCUT2D eigenvalue weighted by atomic mass is 10.3. The largest absolute Gasteiger partial charge is 0.468 e. The maximum atomic E-state index is 12.2. The summed E-state index contributed by atoms with van der Waals surface area (Å²) < 4.78 is 4.63. The highest BCUT2D eigenvalue weighted by Crippen LogP contribution is 2.00. The molecule has 0 atom stereocenters. The second-order valence-electron chi connectivity index (χ2n) is 4.77. The SMILES string of the molecule is CCCN(CC(=O)OC)C(=O)CN1CCCNCC1. The lowest BCUT2D eigenvalue weighted by Gasteiger charge is -2.25. The van der Waals surface area contributed by atoms with Crippen LogP contribution in [0.3, 0.4) is 0 Å². The van der Waals surface area contributed by atoms with E-state index < -0.39 is 0 Å². The summed E-state index contributed by atoms with van der Waals surface area (Å²) in [6.07, 6.45) is 1.89. The van der Waals surface area contributed by atoms with Crippen LogP contribution in [0.2, 0.25) is 0 Å². The number of amides is 1. The average Bonchev–Trinajstić information content (AvgIpc) is 2.66. The molecule has 110 valence electrons. The van der Waals surface area contributed by atoms with E-state index in [9.17, 15) is 9.59 Å². The molecule has 0 radical (unpaired) electrons. The molecule has 0 aliphatic carbocycles. The predicted octanol–water partition coefficient (Wildman–Crippen LogP) is -0.307. The molecule has 0 aromatic rings. The molecule has 1 saturated heterocycles. The second-order valence-corrected chi connectivity index (χ2v) is 4.77. The topological polar surface area (TPSA) is 61.9 Å². The van der Waals surface area contributed by atoms with Crippen LogP contribution in [-0.4, -0.2) is 74.6 Å². The van der Waals surface area contributed by atoms with E-state index in [0.29, 0.717) is 13.1 Å². The summed E-state index contributed by atoms with van der Waals surface area (Å²) in [6, 6.07) is 0. The Morgan fingerprint density at radius 2 is 2.11 bits per heavy atom. The zero-order valence-corrected chi connectivity index (χ0v) is 12.0. The first-order chi connectivity index (χ1) is 9.17. The minimum Gasteiger partial charge on any atom is -0.468 e. The van der Waals surface area contributed by atoms with Crippen LogP contribution >= 0.6 is 0 Å². The van der Waals surface area contributed by atoms with Crippen molar-refractivity contribution in [3.05, 3.63) is 0 Å². The van der Waals surface area contributed by atoms with Gasteiger partial charge in [0.15, 0.2) is 0 Å². The van der Waals surface area contributed by atoms with Crippen molar-refractivity contribution in [2.75, 3.05) is 52.9 Å². The first-order valence-corrected chi connectivity index (χ1v) is 6.95. The fourth-order valence-electron chi connectivity index (χ4n) is 2.13. The van der Waals surface area contributed by atoms with Gasteiger partial charge in [0, 0.05) is 19.6 Å². The molecule has 0 saturated carbocycles. The Bertz CT molecular complexity index is 289. The highest BCUT2D eigenvalue weighted by Gasteiger charge is 2.20. The fourth-order valence-corrected chi connectivity index (χ4v) is 2.13. The summed E-state index contributed by atoms with van der Waals surface area (Å²) in [6.45, 7) is 6.76. The van der Waals surface area contributed by atoms with Crippen LogP contribution in [0.15, 0.2) is 0 Å². The maximum Gasteiger partial charge on any atom is 0.325 e. The normalized spacial score (nSPS) is 16.7. The second kappa shape index (κ2) is 8.87. The molecule has 1 aliphatic heterocycles. The molecular formula is C13H25N3O3. The molecule has 0 unspecified atom stereocenters. The van der Waals surface area contributed by atoms with Crippen LogP contribution in [0.1, 0.15) is 19.8 Å². The standard InChI is InChI=1S/C13H25N3O3/c1-3-7-16(11-13(18)19-2)12(17)10-15-8-4-5-14-6-9-15/h14H,3-11H2,1-2H3. The van der Waals surface area contributed by atoms with Gasteiger partial charge in [0.05, 0.1) is 13.7 Å². The number of esters is 1. The van der Waals surface area contributed by atoms with Crippen molar-refractivity contribution in [3.63, 3.8) is 0 Å². The van der Waals surface area contributed by atoms with Crippen molar-refractivity contribution in [1.82, 2.24) is 15.1 Å². The van der Waals surface area contributed by atoms with Gasteiger partial charge in [-0.1, -0.05) is 6.92 Å². The van der Waals surface area contributed by atoms with Gasteiger partial charge in [-0.15, -0.1) is 0 Å². The van der Waals surface area contributed by atoms with Gasteiger partial charge < -0.3 is 15.0 Å². The van der Waals surface area contributed by atoms with Crippen molar-refractivity contribution in [3.8, 4) is 0 Å². The van der Waals surface area contributed by atoms with E-state index in [1.54, 1.807) is 4.90 Å². The molecule has 1 heterocycles. The number of carbonyl (C=O) groups is 2. The lowest BCUT2D eigenvalue weighted by molar-refractivity contribution is -0.147. The van der Waals surface area contributed by atoms with E-state index in [4.69, 9.17) is 0 Å². The zero-order chi connectivity index (χ0) is 14.1. The molecule has 0 aromatic carbocycles. The summed E-state index contributed by atoms with van der Waals surface area (Å²) in [7, 11) is 1.34. The molecule has 19 heavy (non-hydrogen) atoms. The van der Waals surface area contributed by atoms with E-state index in [1.807, 2.05) is 6.92 Å². The van der Waals surface area contributed by atoms with Crippen LogP contribution in [0.5, 0.6) is 0 Å². The van der Waals surface area contributed by atoms with Crippen LogP contribution in [0, 0.1) is 0 Å². The van der Waals surface area contributed by atoms with Gasteiger partial charge >= 0.3 is 5.97 Å². The molecule has 1 fully saturated rings. The molecule has 0 aromatic heterocycles. The number of ether oxygens (including phenoxy) is 1. The van der Waals surface area contributed by atoms with E-state index >= 15 is 0 Å². The molecule has 1 rings (SSSR count). The summed E-state index contributed by atoms with van der Waals surface area (Å²) in [5.74, 6) is -0.353. The third kappa shape index (κ3) is 6.02. The van der Waals surface area contributed by atoms with Gasteiger partial charge in [0.1, 0.15) is 6.54 Å². The Labute approximate surface area is 115 Å². The van der Waals surface area contributed by atoms with Gasteiger partial charge in [0.2, 0.25) is 5.91 Å². The van der Waals surface area contributed by atoms with Crippen molar-refractivity contribution in [1.29, 1.82) is 0 Å². The number of rotatable bonds is 6. The fraction of sp³-hybridized carbons (Fsp3) is 0.846. The predicted molar refractivity (Wildman–Crippen MR) is 72.8 cm³/mol. The van der Waals surface area contributed by atoms with Crippen molar-refractivity contribution >= 4 is 11.9 Å². The number of methoxy groups -OCH3 is 1. The molecule has 6 heteroatoms. The van der Waals surface area contributed by atoms with Gasteiger partial charge in [-0.25, -0.2) is 0 Å². The highest BCUT2D eigenvalue weighted by molar-refractivity contribution is 5.83. The minimum atomic E-state index is -0.362. The number of nitrogens with zero attached hydrogens (tertiary/aromatic N) is 2. The van der Waals surface area contributed by atoms with Gasteiger partial charge in [-0.3, -0.25) is 14.5 Å². The number of hydrogen-bond donors (Lipinski definition) is 1. The summed E-state index contributed by atoms with van der Waals surface area (Å²) in [4.78, 5) is 27.3. The average molecular weight is 271 g/mol. The van der Waals surface area contributed by atoms with Crippen LogP contribution in [-0.2, 0) is 14.3 Å². The number of hydrogen-bond acceptors (Lipinski definition) is 5. The zero-order valence-electron chi connectivity index (χ0n) is 12.0. The van der Waals surface area contributed by atoms with Gasteiger partial charge in [-0.05, 0) is 25.9 Å². The smallest absolute Gasteiger partial charge is 0.325 e. The highest BCUT2D eigenvalue weighted by atomic mass is 16.5. The Morgan fingerprint density at radius 3 is 2.79 bits per heavy atom. The minimum absolute atomic E-state index is 0.00847. The van der Waals surface area contributed by atoms with Crippen molar-refractivity contribution < 1.29 is 14.3 Å². The van der Waals surface area contributed by atoms with Crippen molar-refractivity contribution in [2.24, 2.45) is 0 Å². The quantitative estimate of drug-likeness (QED) is 0.672. The Morgan fingerprint density at radius 1 is 1.32 bits per heavy atom. The Hall–Kier alpha value is -1.14. The first kappa shape index (κ1) is 15.9. The molecule has 1 amide bonds. The number of carbonyl (C=O) groups excluding carboxylic acids is 2. The number of nitrogens with one attached hydrogen (secondary N) is 1. The Balaban J connectivity index is 2.47.